The Morgan fingerprint density at radius 1 is 1.07 bits per heavy atom. The summed E-state index contributed by atoms with van der Waals surface area (Å²) in [7, 11) is 1.68. The van der Waals surface area contributed by atoms with Crippen LogP contribution < -0.4 is 10.1 Å². The van der Waals surface area contributed by atoms with Gasteiger partial charge >= 0.3 is 6.61 Å². The standard InChI is InChI=1S/C20H22F2N2O3/c1-24(14-15-9-11-17(12-10-15)27-20(21)22)18(25)8-5-13-23-19(26)16-6-3-2-4-7-16/h2-4,6-7,9-12,20H,5,8,13-14H2,1H3,(H,23,26). The molecule has 27 heavy (non-hydrogen) atoms. The number of carbonyl (C=O) groups is 2. The molecule has 2 amide bonds. The Bertz CT molecular complexity index is 737. The van der Waals surface area contributed by atoms with Gasteiger partial charge in [-0.3, -0.25) is 9.59 Å². The highest BCUT2D eigenvalue weighted by atomic mass is 19.3. The first kappa shape index (κ1) is 20.4. The lowest BCUT2D eigenvalue weighted by Gasteiger charge is -2.17. The summed E-state index contributed by atoms with van der Waals surface area (Å²) >= 11 is 0. The number of alkyl halides is 2. The van der Waals surface area contributed by atoms with Gasteiger partial charge in [0.05, 0.1) is 0 Å². The first-order chi connectivity index (χ1) is 13.0. The summed E-state index contributed by atoms with van der Waals surface area (Å²) in [6.45, 7) is -2.08. The molecule has 2 aromatic rings. The van der Waals surface area contributed by atoms with Gasteiger partial charge in [-0.2, -0.15) is 8.78 Å². The second-order valence-electron chi connectivity index (χ2n) is 6.00. The van der Waals surface area contributed by atoms with Crippen molar-refractivity contribution in [3.8, 4) is 5.75 Å². The maximum Gasteiger partial charge on any atom is 0.387 e. The fourth-order valence-electron chi connectivity index (χ4n) is 2.46. The molecule has 0 aliphatic heterocycles. The molecular weight excluding hydrogens is 354 g/mol. The monoisotopic (exact) mass is 376 g/mol. The van der Waals surface area contributed by atoms with Crippen LogP contribution >= 0.6 is 0 Å². The smallest absolute Gasteiger partial charge is 0.387 e. The van der Waals surface area contributed by atoms with Crippen molar-refractivity contribution in [3.63, 3.8) is 0 Å². The number of nitrogens with zero attached hydrogens (tertiary/aromatic N) is 1. The van der Waals surface area contributed by atoms with E-state index < -0.39 is 6.61 Å². The van der Waals surface area contributed by atoms with Crippen LogP contribution in [0.1, 0.15) is 28.8 Å². The predicted molar refractivity (Wildman–Crippen MR) is 97.6 cm³/mol. The fourth-order valence-corrected chi connectivity index (χ4v) is 2.46. The Morgan fingerprint density at radius 3 is 2.37 bits per heavy atom. The van der Waals surface area contributed by atoms with Crippen molar-refractivity contribution < 1.29 is 23.1 Å². The highest BCUT2D eigenvalue weighted by Gasteiger charge is 2.10. The summed E-state index contributed by atoms with van der Waals surface area (Å²) in [4.78, 5) is 25.6. The molecule has 0 atom stereocenters. The zero-order chi connectivity index (χ0) is 19.6. The van der Waals surface area contributed by atoms with E-state index in [9.17, 15) is 18.4 Å². The number of rotatable bonds is 9. The third-order valence-electron chi connectivity index (χ3n) is 3.88. The summed E-state index contributed by atoms with van der Waals surface area (Å²) < 4.78 is 28.5. The Kier molecular flexibility index (Phi) is 7.73. The van der Waals surface area contributed by atoms with Crippen molar-refractivity contribution in [2.24, 2.45) is 0 Å². The number of ether oxygens (including phenoxy) is 1. The average molecular weight is 376 g/mol. The van der Waals surface area contributed by atoms with E-state index in [4.69, 9.17) is 0 Å². The second-order valence-corrected chi connectivity index (χ2v) is 6.00. The van der Waals surface area contributed by atoms with Gasteiger partial charge in [-0.1, -0.05) is 30.3 Å². The number of hydrogen-bond donors (Lipinski definition) is 1. The van der Waals surface area contributed by atoms with E-state index >= 15 is 0 Å². The summed E-state index contributed by atoms with van der Waals surface area (Å²) in [5.41, 5.74) is 1.39. The number of hydrogen-bond acceptors (Lipinski definition) is 3. The number of benzene rings is 2. The van der Waals surface area contributed by atoms with Gasteiger partial charge in [0, 0.05) is 32.1 Å². The summed E-state index contributed by atoms with van der Waals surface area (Å²) in [5.74, 6) is -0.142. The van der Waals surface area contributed by atoms with Gasteiger partial charge in [0.25, 0.3) is 5.91 Å². The van der Waals surface area contributed by atoms with Gasteiger partial charge in [-0.05, 0) is 36.2 Å². The van der Waals surface area contributed by atoms with E-state index in [1.54, 1.807) is 48.3 Å². The molecule has 0 aromatic heterocycles. The molecule has 0 radical (unpaired) electrons. The molecule has 0 bridgehead atoms. The summed E-state index contributed by atoms with van der Waals surface area (Å²) in [6.07, 6.45) is 0.834. The van der Waals surface area contributed by atoms with Crippen LogP contribution in [0.15, 0.2) is 54.6 Å². The topological polar surface area (TPSA) is 58.6 Å². The van der Waals surface area contributed by atoms with Gasteiger partial charge in [0.2, 0.25) is 5.91 Å². The van der Waals surface area contributed by atoms with Crippen molar-refractivity contribution in [3.05, 3.63) is 65.7 Å². The van der Waals surface area contributed by atoms with E-state index in [1.807, 2.05) is 6.07 Å². The molecule has 0 heterocycles. The minimum atomic E-state index is -2.86. The minimum absolute atomic E-state index is 0.0585. The molecule has 2 aromatic carbocycles. The molecule has 0 aliphatic carbocycles. The van der Waals surface area contributed by atoms with Crippen LogP contribution in [0.3, 0.4) is 0 Å². The normalized spacial score (nSPS) is 10.5. The van der Waals surface area contributed by atoms with Crippen LogP contribution in [0.25, 0.3) is 0 Å². The van der Waals surface area contributed by atoms with Crippen molar-refractivity contribution in [1.82, 2.24) is 10.2 Å². The molecule has 0 spiro atoms. The molecule has 0 unspecified atom stereocenters. The van der Waals surface area contributed by atoms with Crippen LogP contribution in [-0.2, 0) is 11.3 Å². The molecule has 1 N–H and O–H groups in total. The molecule has 144 valence electrons. The Morgan fingerprint density at radius 2 is 1.74 bits per heavy atom. The first-order valence-electron chi connectivity index (χ1n) is 8.56. The van der Waals surface area contributed by atoms with E-state index in [-0.39, 0.29) is 17.6 Å². The van der Waals surface area contributed by atoms with Crippen LogP contribution in [0, 0.1) is 0 Å². The van der Waals surface area contributed by atoms with E-state index in [2.05, 4.69) is 10.1 Å². The SMILES string of the molecule is CN(Cc1ccc(OC(F)F)cc1)C(=O)CCCNC(=O)c1ccccc1. The minimum Gasteiger partial charge on any atom is -0.435 e. The highest BCUT2D eigenvalue weighted by molar-refractivity contribution is 5.94. The van der Waals surface area contributed by atoms with Gasteiger partial charge < -0.3 is 15.0 Å². The Labute approximate surface area is 156 Å². The number of carbonyl (C=O) groups excluding carboxylic acids is 2. The van der Waals surface area contributed by atoms with Crippen LogP contribution in [0.5, 0.6) is 5.75 Å². The summed E-state index contributed by atoms with van der Waals surface area (Å²) in [5, 5.41) is 2.78. The van der Waals surface area contributed by atoms with E-state index in [0.29, 0.717) is 31.5 Å². The van der Waals surface area contributed by atoms with Crippen molar-refractivity contribution in [2.75, 3.05) is 13.6 Å². The van der Waals surface area contributed by atoms with Gasteiger partial charge in [0.1, 0.15) is 5.75 Å². The fraction of sp³-hybridized carbons (Fsp3) is 0.300. The number of nitrogens with one attached hydrogen (secondary N) is 1. The highest BCUT2D eigenvalue weighted by Crippen LogP contribution is 2.16. The predicted octanol–water partition coefficient (Wildman–Crippen LogP) is 3.46. The zero-order valence-corrected chi connectivity index (χ0v) is 15.0. The molecule has 0 fully saturated rings. The molecule has 0 aliphatic rings. The molecule has 7 heteroatoms. The maximum absolute atomic E-state index is 12.2. The maximum atomic E-state index is 12.2. The van der Waals surface area contributed by atoms with Crippen LogP contribution in [-0.4, -0.2) is 36.9 Å². The summed E-state index contributed by atoms with van der Waals surface area (Å²) in [6, 6.07) is 15.0. The van der Waals surface area contributed by atoms with Crippen molar-refractivity contribution in [1.29, 1.82) is 0 Å². The third kappa shape index (κ3) is 7.05. The quantitative estimate of drug-likeness (QED) is 0.682. The largest absolute Gasteiger partial charge is 0.435 e. The lowest BCUT2D eigenvalue weighted by molar-refractivity contribution is -0.130. The number of amides is 2. The van der Waals surface area contributed by atoms with Gasteiger partial charge in [-0.25, -0.2) is 0 Å². The number of halogens is 2. The molecular formula is C20H22F2N2O3. The molecule has 5 nitrogen and oxygen atoms in total. The molecule has 0 saturated heterocycles. The van der Waals surface area contributed by atoms with Gasteiger partial charge in [-0.15, -0.1) is 0 Å². The first-order valence-corrected chi connectivity index (χ1v) is 8.56. The van der Waals surface area contributed by atoms with Gasteiger partial charge in [0.15, 0.2) is 0 Å². The van der Waals surface area contributed by atoms with Crippen molar-refractivity contribution in [2.45, 2.75) is 26.0 Å². The third-order valence-corrected chi connectivity index (χ3v) is 3.88. The molecule has 2 rings (SSSR count). The average Bonchev–Trinajstić information content (AvgIpc) is 2.66. The van der Waals surface area contributed by atoms with E-state index in [1.165, 1.54) is 12.1 Å². The van der Waals surface area contributed by atoms with E-state index in [0.717, 1.165) is 5.56 Å². The van der Waals surface area contributed by atoms with Crippen LogP contribution in [0.4, 0.5) is 8.78 Å². The lowest BCUT2D eigenvalue weighted by atomic mass is 10.2. The van der Waals surface area contributed by atoms with Crippen LogP contribution in [0.2, 0.25) is 0 Å². The zero-order valence-electron chi connectivity index (χ0n) is 15.0. The molecule has 0 saturated carbocycles. The second kappa shape index (κ2) is 10.3. The van der Waals surface area contributed by atoms with Crippen molar-refractivity contribution >= 4 is 11.8 Å². The lowest BCUT2D eigenvalue weighted by Crippen LogP contribution is -2.28. The Hall–Kier alpha value is -2.96. The Balaban J connectivity index is 1.70.